The lowest BCUT2D eigenvalue weighted by molar-refractivity contribution is -0.281. The van der Waals surface area contributed by atoms with Gasteiger partial charge in [-0.15, -0.1) is 0 Å². The second kappa shape index (κ2) is 9.91. The van der Waals surface area contributed by atoms with E-state index in [2.05, 4.69) is 11.8 Å². The summed E-state index contributed by atoms with van der Waals surface area (Å²) in [7, 11) is 5.45. The van der Waals surface area contributed by atoms with Crippen molar-refractivity contribution in [2.75, 3.05) is 46.8 Å². The number of likely N-dealkylation sites (tertiary alicyclic amines) is 1. The zero-order valence-corrected chi connectivity index (χ0v) is 25.5. The van der Waals surface area contributed by atoms with E-state index in [1.54, 1.807) is 33.3 Å². The number of nitrogen functional groups attached to an aromatic ring is 1. The molecule has 0 unspecified atom stereocenters. The summed E-state index contributed by atoms with van der Waals surface area (Å²) in [5.74, 6) is 0.317. The van der Waals surface area contributed by atoms with E-state index in [-0.39, 0.29) is 76.7 Å². The number of ether oxygens (including phenoxy) is 5. The van der Waals surface area contributed by atoms with E-state index in [9.17, 15) is 9.59 Å². The van der Waals surface area contributed by atoms with E-state index < -0.39 is 5.60 Å². The molecular weight excluding hydrogens is 536 g/mol. The summed E-state index contributed by atoms with van der Waals surface area (Å²) in [6.45, 7) is 5.83. The van der Waals surface area contributed by atoms with Crippen LogP contribution < -0.4 is 5.73 Å². The van der Waals surface area contributed by atoms with Gasteiger partial charge in [-0.1, -0.05) is 19.1 Å². The maximum atomic E-state index is 13.4. The topological polar surface area (TPSA) is 110 Å². The summed E-state index contributed by atoms with van der Waals surface area (Å²) in [5.41, 5.74) is 5.93. The van der Waals surface area contributed by atoms with Gasteiger partial charge in [-0.3, -0.25) is 9.69 Å². The van der Waals surface area contributed by atoms with Crippen LogP contribution in [0, 0.1) is 40.4 Å². The molecule has 5 aliphatic carbocycles. The van der Waals surface area contributed by atoms with Crippen molar-refractivity contribution < 1.29 is 33.3 Å². The number of piperidine rings is 1. The van der Waals surface area contributed by atoms with Crippen LogP contribution in [0.1, 0.15) is 56.3 Å². The highest BCUT2D eigenvalue weighted by Gasteiger charge is 2.85. The predicted molar refractivity (Wildman–Crippen MR) is 154 cm³/mol. The van der Waals surface area contributed by atoms with Crippen LogP contribution in [-0.4, -0.2) is 87.8 Å². The van der Waals surface area contributed by atoms with Gasteiger partial charge in [0.2, 0.25) is 0 Å². The van der Waals surface area contributed by atoms with Crippen molar-refractivity contribution in [2.45, 2.75) is 75.9 Å². The Morgan fingerprint density at radius 3 is 2.52 bits per heavy atom. The number of carbonyl (C=O) groups excluding carboxylic acids is 2. The Hall–Kier alpha value is -2.20. The molecule has 1 aliphatic heterocycles. The number of benzene rings is 1. The van der Waals surface area contributed by atoms with Crippen LogP contribution in [-0.2, 0) is 28.5 Å². The minimum atomic E-state index is -0.672. The lowest BCUT2D eigenvalue weighted by atomic mass is 9.43. The quantitative estimate of drug-likeness (QED) is 0.364. The molecule has 7 bridgehead atoms. The lowest BCUT2D eigenvalue weighted by Crippen LogP contribution is -2.77. The van der Waals surface area contributed by atoms with Gasteiger partial charge in [0.1, 0.15) is 5.60 Å². The minimum absolute atomic E-state index is 0.0344. The average molecular weight is 583 g/mol. The van der Waals surface area contributed by atoms with Crippen LogP contribution in [0.4, 0.5) is 5.69 Å². The monoisotopic (exact) mass is 582 g/mol. The highest BCUT2D eigenvalue weighted by molar-refractivity contribution is 5.95. The molecule has 12 atom stereocenters. The number of fused-ring (bicyclic) bond motifs is 2. The normalized spacial score (nSPS) is 46.4. The van der Waals surface area contributed by atoms with Crippen molar-refractivity contribution in [3.8, 4) is 0 Å². The molecule has 7 rings (SSSR count). The van der Waals surface area contributed by atoms with Gasteiger partial charge in [0.25, 0.3) is 0 Å². The maximum Gasteiger partial charge on any atom is 0.340 e. The standard InChI is InChI=1S/C33H46N2O7/c1-6-35-16-31(17-41-30(37)19-9-7-8-10-23(19)34)12-11-26(39-4)33-21-13-20-24(38-3)15-32(42-18(2)36,27(21)28(20)40-5)22(29(33)35)14-25(31)33/h7-10,20-22,24-29H,6,11-17,34H2,1-5H3/t20-,21-,22+,24+,25-,26+,27-,28+,29-,31+,32+,33-/m1/s1. The smallest absolute Gasteiger partial charge is 0.340 e. The van der Waals surface area contributed by atoms with Gasteiger partial charge in [-0.25, -0.2) is 4.79 Å². The van der Waals surface area contributed by atoms with E-state index >= 15 is 0 Å². The molecule has 1 saturated heterocycles. The molecule has 1 aromatic carbocycles. The molecule has 0 radical (unpaired) electrons. The van der Waals surface area contributed by atoms with Crippen LogP contribution in [0.2, 0.25) is 0 Å². The van der Waals surface area contributed by atoms with Gasteiger partial charge < -0.3 is 29.4 Å². The van der Waals surface area contributed by atoms with Crippen molar-refractivity contribution in [1.29, 1.82) is 0 Å². The van der Waals surface area contributed by atoms with Crippen molar-refractivity contribution in [2.24, 2.45) is 40.4 Å². The van der Waals surface area contributed by atoms with Gasteiger partial charge >= 0.3 is 11.9 Å². The number of nitrogens with two attached hydrogens (primary N) is 1. The summed E-state index contributed by atoms with van der Waals surface area (Å²) in [4.78, 5) is 28.9. The minimum Gasteiger partial charge on any atom is -0.461 e. The van der Waals surface area contributed by atoms with E-state index in [4.69, 9.17) is 29.4 Å². The van der Waals surface area contributed by atoms with Crippen LogP contribution in [0.3, 0.4) is 0 Å². The molecule has 2 N–H and O–H groups in total. The van der Waals surface area contributed by atoms with Gasteiger partial charge in [-0.2, -0.15) is 0 Å². The Kier molecular flexibility index (Phi) is 6.74. The van der Waals surface area contributed by atoms with Crippen molar-refractivity contribution >= 4 is 17.6 Å². The summed E-state index contributed by atoms with van der Waals surface area (Å²) >= 11 is 0. The van der Waals surface area contributed by atoms with Gasteiger partial charge in [-0.05, 0) is 56.2 Å². The Morgan fingerprint density at radius 1 is 1.07 bits per heavy atom. The molecule has 42 heavy (non-hydrogen) atoms. The number of nitrogens with zero attached hydrogens (tertiary/aromatic N) is 1. The summed E-state index contributed by atoms with van der Waals surface area (Å²) in [6, 6.07) is 7.32. The molecule has 6 aliphatic rings. The lowest BCUT2D eigenvalue weighted by Gasteiger charge is -2.69. The summed E-state index contributed by atoms with van der Waals surface area (Å²) < 4.78 is 31.8. The molecule has 1 heterocycles. The number of hydrogen-bond donors (Lipinski definition) is 1. The maximum absolute atomic E-state index is 13.4. The first-order chi connectivity index (χ1) is 20.2. The molecule has 1 spiro atoms. The molecule has 0 aromatic heterocycles. The van der Waals surface area contributed by atoms with Crippen LogP contribution >= 0.6 is 0 Å². The van der Waals surface area contributed by atoms with Crippen LogP contribution in [0.25, 0.3) is 0 Å². The zero-order valence-electron chi connectivity index (χ0n) is 25.5. The molecular formula is C33H46N2O7. The number of esters is 2. The van der Waals surface area contributed by atoms with Crippen LogP contribution in [0.5, 0.6) is 0 Å². The Labute approximate surface area is 248 Å². The fraction of sp³-hybridized carbons (Fsp3) is 0.758. The van der Waals surface area contributed by atoms with E-state index in [0.29, 0.717) is 24.3 Å². The van der Waals surface area contributed by atoms with Crippen molar-refractivity contribution in [1.82, 2.24) is 4.90 Å². The molecule has 9 heteroatoms. The molecule has 6 fully saturated rings. The first-order valence-electron chi connectivity index (χ1n) is 15.8. The molecule has 230 valence electrons. The SMILES string of the molecule is CCN1C[C@]2(COC(=O)c3ccccc3N)CC[C@H](OC)[C@@]34[C@@H]5C[C@H]6[C@H](OC)[C@@H]5[C@](OC(C)=O)(C[C@@H]6OC)[C@@H](C[C@H]23)[C@@H]14. The summed E-state index contributed by atoms with van der Waals surface area (Å²) in [6.07, 6.45) is 4.38. The largest absolute Gasteiger partial charge is 0.461 e. The molecule has 9 nitrogen and oxygen atoms in total. The number of carbonyl (C=O) groups is 2. The molecule has 0 amide bonds. The highest BCUT2D eigenvalue weighted by atomic mass is 16.6. The number of methoxy groups -OCH3 is 3. The zero-order chi connectivity index (χ0) is 29.6. The third-order valence-corrected chi connectivity index (χ3v) is 12.9. The highest BCUT2D eigenvalue weighted by Crippen LogP contribution is 2.80. The first kappa shape index (κ1) is 28.6. The average Bonchev–Trinajstić information content (AvgIpc) is 3.44. The predicted octanol–water partition coefficient (Wildman–Crippen LogP) is 3.55. The fourth-order valence-corrected chi connectivity index (χ4v) is 12.0. The first-order valence-corrected chi connectivity index (χ1v) is 15.8. The third-order valence-electron chi connectivity index (χ3n) is 12.9. The number of hydrogen-bond acceptors (Lipinski definition) is 9. The fourth-order valence-electron chi connectivity index (χ4n) is 12.0. The number of para-hydroxylation sites is 1. The summed E-state index contributed by atoms with van der Waals surface area (Å²) in [5, 5.41) is 0. The van der Waals surface area contributed by atoms with Gasteiger partial charge in [0, 0.05) is 81.5 Å². The van der Waals surface area contributed by atoms with Crippen molar-refractivity contribution in [3.63, 3.8) is 0 Å². The second-order valence-corrected chi connectivity index (χ2v) is 14.0. The van der Waals surface area contributed by atoms with Crippen molar-refractivity contribution in [3.05, 3.63) is 29.8 Å². The number of anilines is 1. The van der Waals surface area contributed by atoms with E-state index in [1.807, 2.05) is 19.2 Å². The molecule has 1 aromatic rings. The Balaban J connectivity index is 1.36. The van der Waals surface area contributed by atoms with Crippen LogP contribution in [0.15, 0.2) is 24.3 Å². The molecule has 5 saturated carbocycles. The second-order valence-electron chi connectivity index (χ2n) is 14.0. The van der Waals surface area contributed by atoms with E-state index in [1.165, 1.54) is 0 Å². The number of rotatable bonds is 8. The Morgan fingerprint density at radius 2 is 1.86 bits per heavy atom. The van der Waals surface area contributed by atoms with Gasteiger partial charge in [0.15, 0.2) is 0 Å². The van der Waals surface area contributed by atoms with E-state index in [0.717, 1.165) is 38.8 Å². The third kappa shape index (κ3) is 3.45. The Bertz CT molecular complexity index is 1260. The van der Waals surface area contributed by atoms with Gasteiger partial charge in [0.05, 0.1) is 30.5 Å².